The number of nitrogens with one attached hydrogen (secondary N) is 2. The second-order valence-electron chi connectivity index (χ2n) is 2.84. The third kappa shape index (κ3) is 2.95. The third-order valence-corrected chi connectivity index (χ3v) is 2.34. The van der Waals surface area contributed by atoms with Gasteiger partial charge >= 0.3 is 0 Å². The van der Waals surface area contributed by atoms with Crippen molar-refractivity contribution in [2.45, 2.75) is 6.92 Å². The maximum absolute atomic E-state index is 11.5. The van der Waals surface area contributed by atoms with E-state index in [9.17, 15) is 9.59 Å². The Kier molecular flexibility index (Phi) is 3.68. The van der Waals surface area contributed by atoms with Crippen LogP contribution in [-0.4, -0.2) is 11.8 Å². The van der Waals surface area contributed by atoms with Gasteiger partial charge in [-0.1, -0.05) is 6.07 Å². The molecule has 15 heavy (non-hydrogen) atoms. The molecule has 6 heteroatoms. The van der Waals surface area contributed by atoms with E-state index in [1.165, 1.54) is 6.92 Å². The maximum atomic E-state index is 11.5. The van der Waals surface area contributed by atoms with Crippen molar-refractivity contribution in [1.29, 1.82) is 0 Å². The van der Waals surface area contributed by atoms with E-state index in [1.807, 2.05) is 0 Å². The van der Waals surface area contributed by atoms with E-state index in [0.29, 0.717) is 15.7 Å². The minimum Gasteiger partial charge on any atom is -0.397 e. The molecule has 80 valence electrons. The van der Waals surface area contributed by atoms with Crippen molar-refractivity contribution in [1.82, 2.24) is 10.9 Å². The van der Waals surface area contributed by atoms with Gasteiger partial charge in [0.2, 0.25) is 5.91 Å². The van der Waals surface area contributed by atoms with Crippen LogP contribution in [0, 0.1) is 0 Å². The predicted molar refractivity (Wildman–Crippen MR) is 59.8 cm³/mol. The summed E-state index contributed by atoms with van der Waals surface area (Å²) < 4.78 is 0.637. The van der Waals surface area contributed by atoms with E-state index in [4.69, 9.17) is 5.73 Å². The van der Waals surface area contributed by atoms with Gasteiger partial charge in [0, 0.05) is 11.4 Å². The number of hydrogen-bond acceptors (Lipinski definition) is 3. The molecule has 0 atom stereocenters. The Bertz CT molecular complexity index is 406. The number of carbonyl (C=O) groups excluding carboxylic acids is 2. The van der Waals surface area contributed by atoms with Crippen LogP contribution in [0.2, 0.25) is 0 Å². The van der Waals surface area contributed by atoms with Crippen LogP contribution >= 0.6 is 15.9 Å². The number of carbonyl (C=O) groups is 2. The van der Waals surface area contributed by atoms with Gasteiger partial charge in [-0.25, -0.2) is 0 Å². The molecule has 0 saturated heterocycles. The number of rotatable bonds is 1. The summed E-state index contributed by atoms with van der Waals surface area (Å²) in [6, 6.07) is 4.98. The molecule has 0 saturated carbocycles. The zero-order valence-corrected chi connectivity index (χ0v) is 9.59. The summed E-state index contributed by atoms with van der Waals surface area (Å²) in [5.74, 6) is -0.805. The summed E-state index contributed by atoms with van der Waals surface area (Å²) in [5.41, 5.74) is 10.7. The summed E-state index contributed by atoms with van der Waals surface area (Å²) >= 11 is 3.20. The molecule has 4 N–H and O–H groups in total. The Balaban J connectivity index is 2.82. The highest BCUT2D eigenvalue weighted by molar-refractivity contribution is 9.10. The van der Waals surface area contributed by atoms with E-state index in [-0.39, 0.29) is 5.91 Å². The van der Waals surface area contributed by atoms with Gasteiger partial charge in [-0.15, -0.1) is 0 Å². The lowest BCUT2D eigenvalue weighted by molar-refractivity contribution is -0.119. The minimum absolute atomic E-state index is 0.304. The number of nitrogens with two attached hydrogens (primary N) is 1. The second kappa shape index (κ2) is 4.79. The summed E-state index contributed by atoms with van der Waals surface area (Å²) in [6.07, 6.45) is 0. The monoisotopic (exact) mass is 271 g/mol. The molecule has 0 fully saturated rings. The molecule has 2 amide bonds. The fourth-order valence-electron chi connectivity index (χ4n) is 0.947. The normalized spacial score (nSPS) is 9.47. The number of benzene rings is 1. The first-order chi connectivity index (χ1) is 7.02. The topological polar surface area (TPSA) is 84.2 Å². The van der Waals surface area contributed by atoms with Gasteiger partial charge in [0.05, 0.1) is 11.3 Å². The molecule has 0 unspecified atom stereocenters. The number of hydrazine groups is 1. The van der Waals surface area contributed by atoms with Crippen LogP contribution in [0.1, 0.15) is 17.3 Å². The maximum Gasteiger partial charge on any atom is 0.271 e. The summed E-state index contributed by atoms with van der Waals surface area (Å²) in [4.78, 5) is 22.1. The Hall–Kier alpha value is -1.56. The lowest BCUT2D eigenvalue weighted by Gasteiger charge is -2.08. The third-order valence-electron chi connectivity index (χ3n) is 1.65. The lowest BCUT2D eigenvalue weighted by atomic mass is 10.2. The van der Waals surface area contributed by atoms with Gasteiger partial charge in [0.15, 0.2) is 0 Å². The first kappa shape index (κ1) is 11.5. The van der Waals surface area contributed by atoms with Crippen LogP contribution < -0.4 is 16.6 Å². The highest BCUT2D eigenvalue weighted by Gasteiger charge is 2.10. The van der Waals surface area contributed by atoms with Crippen LogP contribution in [-0.2, 0) is 4.79 Å². The Labute approximate surface area is 95.1 Å². The minimum atomic E-state index is -0.455. The molecule has 0 radical (unpaired) electrons. The molecular weight excluding hydrogens is 262 g/mol. The largest absolute Gasteiger partial charge is 0.397 e. The van der Waals surface area contributed by atoms with Crippen LogP contribution in [0.5, 0.6) is 0 Å². The fraction of sp³-hybridized carbons (Fsp3) is 0.111. The summed E-state index contributed by atoms with van der Waals surface area (Å²) in [7, 11) is 0. The molecule has 0 aromatic heterocycles. The predicted octanol–water partition coefficient (Wildman–Crippen LogP) is 0.812. The number of halogens is 1. The van der Waals surface area contributed by atoms with Gasteiger partial charge < -0.3 is 5.73 Å². The first-order valence-electron chi connectivity index (χ1n) is 4.13. The molecule has 0 bridgehead atoms. The van der Waals surface area contributed by atoms with E-state index >= 15 is 0 Å². The van der Waals surface area contributed by atoms with E-state index in [1.54, 1.807) is 18.2 Å². The molecule has 5 nitrogen and oxygen atoms in total. The quantitative estimate of drug-likeness (QED) is 0.522. The standard InChI is InChI=1S/C9H10BrN3O2/c1-5(14)12-13-9(15)6-3-2-4-7(10)8(6)11/h2-4H,11H2,1H3,(H,12,14)(H,13,15). The molecule has 0 aliphatic carbocycles. The average Bonchev–Trinajstić information content (AvgIpc) is 2.18. The van der Waals surface area contributed by atoms with E-state index in [2.05, 4.69) is 26.8 Å². The van der Waals surface area contributed by atoms with Crippen molar-refractivity contribution in [3.63, 3.8) is 0 Å². The van der Waals surface area contributed by atoms with Crippen LogP contribution in [0.15, 0.2) is 22.7 Å². The fourth-order valence-corrected chi connectivity index (χ4v) is 1.31. The number of amides is 2. The Morgan fingerprint density at radius 1 is 1.33 bits per heavy atom. The number of anilines is 1. The van der Waals surface area contributed by atoms with E-state index in [0.717, 1.165) is 0 Å². The van der Waals surface area contributed by atoms with Crippen LogP contribution in [0.3, 0.4) is 0 Å². The van der Waals surface area contributed by atoms with E-state index < -0.39 is 5.91 Å². The smallest absolute Gasteiger partial charge is 0.271 e. The van der Waals surface area contributed by atoms with Crippen molar-refractivity contribution in [3.05, 3.63) is 28.2 Å². The van der Waals surface area contributed by atoms with Crippen LogP contribution in [0.25, 0.3) is 0 Å². The van der Waals surface area contributed by atoms with Crippen molar-refractivity contribution in [3.8, 4) is 0 Å². The highest BCUT2D eigenvalue weighted by Crippen LogP contribution is 2.22. The summed E-state index contributed by atoms with van der Waals surface area (Å²) in [5, 5.41) is 0. The van der Waals surface area contributed by atoms with Gasteiger partial charge in [0.25, 0.3) is 5.91 Å². The molecular formula is C9H10BrN3O2. The van der Waals surface area contributed by atoms with Crippen molar-refractivity contribution < 1.29 is 9.59 Å². The molecule has 0 spiro atoms. The van der Waals surface area contributed by atoms with Crippen molar-refractivity contribution in [2.75, 3.05) is 5.73 Å². The Morgan fingerprint density at radius 3 is 2.60 bits per heavy atom. The molecule has 1 aromatic carbocycles. The summed E-state index contributed by atoms with van der Waals surface area (Å²) in [6.45, 7) is 1.30. The molecule has 1 rings (SSSR count). The molecule has 0 heterocycles. The zero-order valence-electron chi connectivity index (χ0n) is 8.00. The van der Waals surface area contributed by atoms with Gasteiger partial charge in [0.1, 0.15) is 0 Å². The number of nitrogen functional groups attached to an aromatic ring is 1. The first-order valence-corrected chi connectivity index (χ1v) is 4.92. The van der Waals surface area contributed by atoms with Crippen molar-refractivity contribution in [2.24, 2.45) is 0 Å². The van der Waals surface area contributed by atoms with Gasteiger partial charge in [-0.3, -0.25) is 20.4 Å². The zero-order chi connectivity index (χ0) is 11.4. The highest BCUT2D eigenvalue weighted by atomic mass is 79.9. The van der Waals surface area contributed by atoms with Crippen LogP contribution in [0.4, 0.5) is 5.69 Å². The Morgan fingerprint density at radius 2 is 2.00 bits per heavy atom. The second-order valence-corrected chi connectivity index (χ2v) is 3.69. The van der Waals surface area contributed by atoms with Crippen molar-refractivity contribution >= 4 is 33.4 Å². The lowest BCUT2D eigenvalue weighted by Crippen LogP contribution is -2.40. The number of para-hydroxylation sites is 1. The molecule has 1 aromatic rings. The SMILES string of the molecule is CC(=O)NNC(=O)c1cccc(Br)c1N. The van der Waals surface area contributed by atoms with Gasteiger partial charge in [-0.2, -0.15) is 0 Å². The average molecular weight is 272 g/mol. The molecule has 0 aliphatic heterocycles. The van der Waals surface area contributed by atoms with Gasteiger partial charge in [-0.05, 0) is 28.1 Å². The number of hydrogen-bond donors (Lipinski definition) is 3. The molecule has 0 aliphatic rings.